The lowest BCUT2D eigenvalue weighted by atomic mass is 9.96. The first kappa shape index (κ1) is 14.6. The van der Waals surface area contributed by atoms with Crippen molar-refractivity contribution >= 4 is 23.0 Å². The molecular weight excluding hydrogens is 280 g/mol. The van der Waals surface area contributed by atoms with E-state index in [4.69, 9.17) is 12.2 Å². The third-order valence-electron chi connectivity index (χ3n) is 4.53. The quantitative estimate of drug-likeness (QED) is 0.848. The zero-order chi connectivity index (χ0) is 14.5. The van der Waals surface area contributed by atoms with Crippen molar-refractivity contribution in [2.75, 3.05) is 31.1 Å². The number of aromatic nitrogens is 1. The van der Waals surface area contributed by atoms with Gasteiger partial charge in [0.2, 0.25) is 0 Å². The van der Waals surface area contributed by atoms with Crippen molar-refractivity contribution in [3.8, 4) is 0 Å². The van der Waals surface area contributed by atoms with Crippen LogP contribution in [0.25, 0.3) is 0 Å². The SMILES string of the molecule is S=C(NC1CCCCC1)N1CCN(c2ccncc2)CC1. The molecule has 5 heteroatoms. The Hall–Kier alpha value is -1.36. The Labute approximate surface area is 132 Å². The van der Waals surface area contributed by atoms with Gasteiger partial charge in [-0.15, -0.1) is 0 Å². The third kappa shape index (κ3) is 3.84. The maximum Gasteiger partial charge on any atom is 0.169 e. The van der Waals surface area contributed by atoms with Gasteiger partial charge in [-0.1, -0.05) is 19.3 Å². The maximum atomic E-state index is 5.60. The van der Waals surface area contributed by atoms with E-state index in [9.17, 15) is 0 Å². The molecule has 0 unspecified atom stereocenters. The van der Waals surface area contributed by atoms with Crippen molar-refractivity contribution in [2.24, 2.45) is 0 Å². The summed E-state index contributed by atoms with van der Waals surface area (Å²) in [5.74, 6) is 0. The molecule has 1 aromatic rings. The lowest BCUT2D eigenvalue weighted by molar-refractivity contribution is 0.355. The van der Waals surface area contributed by atoms with Crippen LogP contribution >= 0.6 is 12.2 Å². The standard InChI is InChI=1S/C16H24N4S/c21-16(18-14-4-2-1-3-5-14)20-12-10-19(11-13-20)15-6-8-17-9-7-15/h6-9,14H,1-5,10-13H2,(H,18,21). The first-order valence-corrected chi connectivity index (χ1v) is 8.44. The van der Waals surface area contributed by atoms with Crippen LogP contribution in [-0.4, -0.2) is 47.2 Å². The Morgan fingerprint density at radius 1 is 1.05 bits per heavy atom. The highest BCUT2D eigenvalue weighted by Crippen LogP contribution is 2.18. The number of anilines is 1. The number of hydrogen-bond acceptors (Lipinski definition) is 3. The summed E-state index contributed by atoms with van der Waals surface area (Å²) in [5.41, 5.74) is 1.26. The largest absolute Gasteiger partial charge is 0.368 e. The zero-order valence-electron chi connectivity index (χ0n) is 12.5. The van der Waals surface area contributed by atoms with E-state index in [-0.39, 0.29) is 0 Å². The monoisotopic (exact) mass is 304 g/mol. The first-order chi connectivity index (χ1) is 10.3. The fraction of sp³-hybridized carbons (Fsp3) is 0.625. The maximum absolute atomic E-state index is 5.60. The lowest BCUT2D eigenvalue weighted by Gasteiger charge is -2.38. The second-order valence-corrected chi connectivity index (χ2v) is 6.35. The molecule has 0 aromatic carbocycles. The molecule has 1 saturated heterocycles. The Morgan fingerprint density at radius 3 is 2.38 bits per heavy atom. The zero-order valence-corrected chi connectivity index (χ0v) is 13.3. The molecule has 0 amide bonds. The molecule has 1 N–H and O–H groups in total. The number of hydrogen-bond donors (Lipinski definition) is 1. The van der Waals surface area contributed by atoms with Gasteiger partial charge in [-0.25, -0.2) is 0 Å². The Balaban J connectivity index is 1.47. The minimum Gasteiger partial charge on any atom is -0.368 e. The van der Waals surface area contributed by atoms with Crippen LogP contribution in [0.1, 0.15) is 32.1 Å². The molecular formula is C16H24N4S. The molecule has 114 valence electrons. The molecule has 2 fully saturated rings. The predicted molar refractivity (Wildman–Crippen MR) is 90.6 cm³/mol. The van der Waals surface area contributed by atoms with Crippen molar-refractivity contribution in [1.29, 1.82) is 0 Å². The number of pyridine rings is 1. The van der Waals surface area contributed by atoms with Gasteiger partial charge in [0.05, 0.1) is 0 Å². The van der Waals surface area contributed by atoms with Crippen LogP contribution in [0, 0.1) is 0 Å². The summed E-state index contributed by atoms with van der Waals surface area (Å²) in [7, 11) is 0. The number of thiocarbonyl (C=S) groups is 1. The van der Waals surface area contributed by atoms with Crippen LogP contribution in [0.4, 0.5) is 5.69 Å². The van der Waals surface area contributed by atoms with Gasteiger partial charge in [-0.3, -0.25) is 4.98 Å². The molecule has 1 aliphatic heterocycles. The van der Waals surface area contributed by atoms with Gasteiger partial charge in [0, 0.05) is 50.3 Å². The van der Waals surface area contributed by atoms with Crippen molar-refractivity contribution in [3.63, 3.8) is 0 Å². The predicted octanol–water partition coefficient (Wildman–Crippen LogP) is 2.41. The minimum atomic E-state index is 0.601. The molecule has 3 rings (SSSR count). The van der Waals surface area contributed by atoms with Crippen molar-refractivity contribution in [1.82, 2.24) is 15.2 Å². The molecule has 0 atom stereocenters. The van der Waals surface area contributed by atoms with Gasteiger partial charge in [-0.2, -0.15) is 0 Å². The molecule has 1 aliphatic carbocycles. The number of piperazine rings is 1. The summed E-state index contributed by atoms with van der Waals surface area (Å²) in [6.07, 6.45) is 10.3. The van der Waals surface area contributed by atoms with E-state index in [1.165, 1.54) is 37.8 Å². The summed E-state index contributed by atoms with van der Waals surface area (Å²) >= 11 is 5.60. The van der Waals surface area contributed by atoms with Gasteiger partial charge in [0.15, 0.2) is 5.11 Å². The fourth-order valence-electron chi connectivity index (χ4n) is 3.24. The summed E-state index contributed by atoms with van der Waals surface area (Å²) < 4.78 is 0. The third-order valence-corrected chi connectivity index (χ3v) is 4.90. The molecule has 0 bridgehead atoms. The number of rotatable bonds is 2. The highest BCUT2D eigenvalue weighted by molar-refractivity contribution is 7.80. The van der Waals surface area contributed by atoms with Crippen molar-refractivity contribution in [3.05, 3.63) is 24.5 Å². The number of nitrogens with zero attached hydrogens (tertiary/aromatic N) is 3. The summed E-state index contributed by atoms with van der Waals surface area (Å²) in [6, 6.07) is 4.76. The summed E-state index contributed by atoms with van der Waals surface area (Å²) in [6.45, 7) is 4.05. The normalized spacial score (nSPS) is 20.4. The van der Waals surface area contributed by atoms with Gasteiger partial charge in [0.25, 0.3) is 0 Å². The van der Waals surface area contributed by atoms with Gasteiger partial charge in [0.1, 0.15) is 0 Å². The molecule has 2 heterocycles. The van der Waals surface area contributed by atoms with E-state index in [0.29, 0.717) is 6.04 Å². The summed E-state index contributed by atoms with van der Waals surface area (Å²) in [4.78, 5) is 8.81. The second kappa shape index (κ2) is 7.07. The van der Waals surface area contributed by atoms with Crippen LogP contribution in [0.3, 0.4) is 0 Å². The second-order valence-electron chi connectivity index (χ2n) is 5.96. The van der Waals surface area contributed by atoms with E-state index in [0.717, 1.165) is 31.3 Å². The van der Waals surface area contributed by atoms with E-state index < -0.39 is 0 Å². The molecule has 1 aromatic heterocycles. The molecule has 0 spiro atoms. The van der Waals surface area contributed by atoms with Gasteiger partial charge in [-0.05, 0) is 37.2 Å². The fourth-order valence-corrected chi connectivity index (χ4v) is 3.58. The molecule has 2 aliphatic rings. The Bertz CT molecular complexity index is 451. The van der Waals surface area contributed by atoms with Crippen molar-refractivity contribution in [2.45, 2.75) is 38.1 Å². The van der Waals surface area contributed by atoms with Crippen LogP contribution in [0.15, 0.2) is 24.5 Å². The van der Waals surface area contributed by atoms with Crippen molar-refractivity contribution < 1.29 is 0 Å². The van der Waals surface area contributed by atoms with Gasteiger partial charge < -0.3 is 15.1 Å². The van der Waals surface area contributed by atoms with E-state index in [2.05, 4.69) is 32.2 Å². The first-order valence-electron chi connectivity index (χ1n) is 8.03. The van der Waals surface area contributed by atoms with Crippen LogP contribution in [-0.2, 0) is 0 Å². The van der Waals surface area contributed by atoms with E-state index in [1.807, 2.05) is 12.4 Å². The minimum absolute atomic E-state index is 0.601. The Kier molecular flexibility index (Phi) is 4.91. The van der Waals surface area contributed by atoms with Crippen LogP contribution in [0.2, 0.25) is 0 Å². The average molecular weight is 304 g/mol. The van der Waals surface area contributed by atoms with Crippen LogP contribution < -0.4 is 10.2 Å². The van der Waals surface area contributed by atoms with E-state index in [1.54, 1.807) is 0 Å². The topological polar surface area (TPSA) is 31.4 Å². The molecule has 4 nitrogen and oxygen atoms in total. The average Bonchev–Trinajstić information content (AvgIpc) is 2.57. The van der Waals surface area contributed by atoms with E-state index >= 15 is 0 Å². The molecule has 1 saturated carbocycles. The molecule has 0 radical (unpaired) electrons. The summed E-state index contributed by atoms with van der Waals surface area (Å²) in [5, 5.41) is 4.53. The molecule has 21 heavy (non-hydrogen) atoms. The van der Waals surface area contributed by atoms with Crippen LogP contribution in [0.5, 0.6) is 0 Å². The number of nitrogens with one attached hydrogen (secondary N) is 1. The highest BCUT2D eigenvalue weighted by atomic mass is 32.1. The lowest BCUT2D eigenvalue weighted by Crippen LogP contribution is -2.53. The van der Waals surface area contributed by atoms with Gasteiger partial charge >= 0.3 is 0 Å². The Morgan fingerprint density at radius 2 is 1.71 bits per heavy atom. The smallest absolute Gasteiger partial charge is 0.169 e. The highest BCUT2D eigenvalue weighted by Gasteiger charge is 2.21.